The van der Waals surface area contributed by atoms with Gasteiger partial charge in [-0.2, -0.15) is 0 Å². The minimum Gasteiger partial charge on any atom is -0.480 e. The Kier molecular flexibility index (Phi) is 12.8. The van der Waals surface area contributed by atoms with Gasteiger partial charge in [-0.15, -0.1) is 0 Å². The minimum atomic E-state index is -0.742. The molecule has 0 saturated heterocycles. The quantitative estimate of drug-likeness (QED) is 0.412. The first-order valence-corrected chi connectivity index (χ1v) is 9.05. The summed E-state index contributed by atoms with van der Waals surface area (Å²) in [5.74, 6) is -0.726. The largest absolute Gasteiger partial charge is 0.480 e. The molecular formula is C18H37NO2. The van der Waals surface area contributed by atoms with Gasteiger partial charge in [0.25, 0.3) is 0 Å². The van der Waals surface area contributed by atoms with Crippen LogP contribution in [0.15, 0.2) is 0 Å². The van der Waals surface area contributed by atoms with E-state index in [4.69, 9.17) is 0 Å². The lowest BCUT2D eigenvalue weighted by atomic mass is 9.96. The minimum absolute atomic E-state index is 0.695. The lowest BCUT2D eigenvalue weighted by Gasteiger charge is -2.25. The van der Waals surface area contributed by atoms with E-state index in [2.05, 4.69) is 12.2 Å². The van der Waals surface area contributed by atoms with Crippen molar-refractivity contribution in [2.24, 2.45) is 0 Å². The van der Waals surface area contributed by atoms with E-state index in [-0.39, 0.29) is 0 Å². The zero-order chi connectivity index (χ0) is 16.0. The van der Waals surface area contributed by atoms with Gasteiger partial charge in [-0.25, -0.2) is 0 Å². The van der Waals surface area contributed by atoms with Crippen molar-refractivity contribution in [2.45, 2.75) is 103 Å². The fourth-order valence-corrected chi connectivity index (χ4v) is 2.75. The highest BCUT2D eigenvalue weighted by Gasteiger charge is 2.30. The van der Waals surface area contributed by atoms with Crippen molar-refractivity contribution in [2.75, 3.05) is 6.54 Å². The number of nitrogens with one attached hydrogen (secondary N) is 1. The van der Waals surface area contributed by atoms with Crippen LogP contribution in [0.5, 0.6) is 0 Å². The molecule has 21 heavy (non-hydrogen) atoms. The molecule has 0 bridgehead atoms. The van der Waals surface area contributed by atoms with Crippen LogP contribution in [0.2, 0.25) is 0 Å². The Morgan fingerprint density at radius 2 is 1.33 bits per heavy atom. The molecule has 3 heteroatoms. The second kappa shape index (κ2) is 13.1. The Bertz CT molecular complexity index is 256. The molecule has 0 aliphatic heterocycles. The van der Waals surface area contributed by atoms with Gasteiger partial charge < -0.3 is 10.4 Å². The van der Waals surface area contributed by atoms with Gasteiger partial charge in [0.05, 0.1) is 0 Å². The number of carboxylic acid groups (broad SMARTS) is 1. The molecule has 0 heterocycles. The number of rotatable bonds is 15. The van der Waals surface area contributed by atoms with E-state index in [0.29, 0.717) is 6.42 Å². The molecule has 1 atom stereocenters. The molecule has 0 fully saturated rings. The van der Waals surface area contributed by atoms with Gasteiger partial charge in [0.2, 0.25) is 0 Å². The third kappa shape index (κ3) is 10.8. The number of hydrogen-bond donors (Lipinski definition) is 2. The molecule has 0 aromatic rings. The van der Waals surface area contributed by atoms with E-state index < -0.39 is 11.5 Å². The Labute approximate surface area is 131 Å². The van der Waals surface area contributed by atoms with Crippen LogP contribution in [0.25, 0.3) is 0 Å². The van der Waals surface area contributed by atoms with Crippen molar-refractivity contribution >= 4 is 5.97 Å². The summed E-state index contributed by atoms with van der Waals surface area (Å²) in [7, 11) is 0. The fourth-order valence-electron chi connectivity index (χ4n) is 2.75. The fraction of sp³-hybridized carbons (Fsp3) is 0.944. The lowest BCUT2D eigenvalue weighted by Crippen LogP contribution is -2.49. The Morgan fingerprint density at radius 1 is 0.857 bits per heavy atom. The van der Waals surface area contributed by atoms with E-state index in [1.807, 2.05) is 6.92 Å². The molecule has 0 spiro atoms. The monoisotopic (exact) mass is 299 g/mol. The van der Waals surface area contributed by atoms with Crippen LogP contribution in [0.4, 0.5) is 0 Å². The smallest absolute Gasteiger partial charge is 0.323 e. The van der Waals surface area contributed by atoms with Gasteiger partial charge in [-0.1, -0.05) is 78.1 Å². The summed E-state index contributed by atoms with van der Waals surface area (Å²) in [4.78, 5) is 11.3. The van der Waals surface area contributed by atoms with E-state index in [9.17, 15) is 9.90 Å². The molecule has 0 aliphatic carbocycles. The van der Waals surface area contributed by atoms with Gasteiger partial charge >= 0.3 is 5.97 Å². The van der Waals surface area contributed by atoms with Crippen molar-refractivity contribution in [1.82, 2.24) is 5.32 Å². The Morgan fingerprint density at radius 3 is 1.76 bits per heavy atom. The topological polar surface area (TPSA) is 49.3 Å². The second-order valence-electron chi connectivity index (χ2n) is 6.50. The third-order valence-corrected chi connectivity index (χ3v) is 4.27. The molecular weight excluding hydrogens is 262 g/mol. The zero-order valence-corrected chi connectivity index (χ0v) is 14.5. The standard InChI is InChI=1S/C18H37NO2/c1-4-6-7-8-9-10-11-12-13-14-16-19-18(3,15-5-2)17(20)21/h19H,4-16H2,1-3H3,(H,20,21). The predicted octanol–water partition coefficient (Wildman–Crippen LogP) is 5.14. The number of hydrogen-bond acceptors (Lipinski definition) is 2. The van der Waals surface area contributed by atoms with Crippen LogP contribution in [0, 0.1) is 0 Å². The summed E-state index contributed by atoms with van der Waals surface area (Å²) >= 11 is 0. The van der Waals surface area contributed by atoms with Crippen LogP contribution in [-0.2, 0) is 4.79 Å². The summed E-state index contributed by atoms with van der Waals surface area (Å²) in [6, 6.07) is 0. The van der Waals surface area contributed by atoms with Gasteiger partial charge in [-0.3, -0.25) is 4.79 Å². The summed E-state index contributed by atoms with van der Waals surface area (Å²) in [5.41, 5.74) is -0.742. The summed E-state index contributed by atoms with van der Waals surface area (Å²) < 4.78 is 0. The summed E-state index contributed by atoms with van der Waals surface area (Å²) in [6.45, 7) is 6.90. The normalized spacial score (nSPS) is 14.0. The van der Waals surface area contributed by atoms with Crippen molar-refractivity contribution in [3.05, 3.63) is 0 Å². The molecule has 126 valence electrons. The van der Waals surface area contributed by atoms with Crippen molar-refractivity contribution < 1.29 is 9.90 Å². The van der Waals surface area contributed by atoms with Crippen LogP contribution in [0.3, 0.4) is 0 Å². The SMILES string of the molecule is CCCCCCCCCCCCNC(C)(CCC)C(=O)O. The predicted molar refractivity (Wildman–Crippen MR) is 90.8 cm³/mol. The highest BCUT2D eigenvalue weighted by molar-refractivity contribution is 5.78. The molecule has 0 rings (SSSR count). The first-order valence-electron chi connectivity index (χ1n) is 9.05. The first kappa shape index (κ1) is 20.4. The maximum Gasteiger partial charge on any atom is 0.323 e. The number of carboxylic acids is 1. The highest BCUT2D eigenvalue weighted by Crippen LogP contribution is 2.14. The Hall–Kier alpha value is -0.570. The molecule has 0 saturated carbocycles. The average molecular weight is 299 g/mol. The second-order valence-corrected chi connectivity index (χ2v) is 6.50. The molecule has 0 aliphatic rings. The van der Waals surface area contributed by atoms with Gasteiger partial charge in [-0.05, 0) is 26.3 Å². The molecule has 3 nitrogen and oxygen atoms in total. The van der Waals surface area contributed by atoms with E-state index >= 15 is 0 Å². The van der Waals surface area contributed by atoms with Crippen LogP contribution >= 0.6 is 0 Å². The number of carbonyl (C=O) groups is 1. The lowest BCUT2D eigenvalue weighted by molar-refractivity contribution is -0.144. The summed E-state index contributed by atoms with van der Waals surface area (Å²) in [5, 5.41) is 12.5. The third-order valence-electron chi connectivity index (χ3n) is 4.27. The van der Waals surface area contributed by atoms with E-state index in [0.717, 1.165) is 19.4 Å². The van der Waals surface area contributed by atoms with Crippen LogP contribution in [-0.4, -0.2) is 23.2 Å². The van der Waals surface area contributed by atoms with Gasteiger partial charge in [0, 0.05) is 0 Å². The molecule has 2 N–H and O–H groups in total. The zero-order valence-electron chi connectivity index (χ0n) is 14.5. The summed E-state index contributed by atoms with van der Waals surface area (Å²) in [6.07, 6.45) is 14.7. The van der Waals surface area contributed by atoms with E-state index in [1.54, 1.807) is 6.92 Å². The average Bonchev–Trinajstić information content (AvgIpc) is 2.45. The van der Waals surface area contributed by atoms with Crippen molar-refractivity contribution in [3.63, 3.8) is 0 Å². The molecule has 0 aromatic carbocycles. The van der Waals surface area contributed by atoms with Crippen molar-refractivity contribution in [3.8, 4) is 0 Å². The van der Waals surface area contributed by atoms with Crippen LogP contribution in [0.1, 0.15) is 97.8 Å². The first-order chi connectivity index (χ1) is 10.1. The highest BCUT2D eigenvalue weighted by atomic mass is 16.4. The maximum absolute atomic E-state index is 11.3. The molecule has 0 radical (unpaired) electrons. The number of unbranched alkanes of at least 4 members (excludes halogenated alkanes) is 9. The maximum atomic E-state index is 11.3. The van der Waals surface area contributed by atoms with Gasteiger partial charge in [0.1, 0.15) is 5.54 Å². The van der Waals surface area contributed by atoms with Crippen molar-refractivity contribution in [1.29, 1.82) is 0 Å². The molecule has 1 unspecified atom stereocenters. The molecule has 0 amide bonds. The molecule has 0 aromatic heterocycles. The van der Waals surface area contributed by atoms with Crippen LogP contribution < -0.4 is 5.32 Å². The number of aliphatic carboxylic acids is 1. The van der Waals surface area contributed by atoms with Gasteiger partial charge in [0.15, 0.2) is 0 Å². The Balaban J connectivity index is 3.44. The van der Waals surface area contributed by atoms with E-state index in [1.165, 1.54) is 57.8 Å².